The van der Waals surface area contributed by atoms with Crippen LogP contribution in [0.4, 0.5) is 5.69 Å². The van der Waals surface area contributed by atoms with Crippen molar-refractivity contribution in [2.75, 3.05) is 5.73 Å². The van der Waals surface area contributed by atoms with E-state index in [1.807, 2.05) is 25.4 Å². The smallest absolute Gasteiger partial charge is 0.303 e. The van der Waals surface area contributed by atoms with Gasteiger partial charge in [0, 0.05) is 49.0 Å². The number of aromatic nitrogens is 1. The number of aryl methyl sites for hydroxylation is 2. The molecule has 0 unspecified atom stereocenters. The third-order valence-corrected chi connectivity index (χ3v) is 6.30. The monoisotopic (exact) mass is 426 g/mol. The second-order valence-corrected chi connectivity index (χ2v) is 8.57. The molecule has 1 aromatic heterocycles. The SMILES string of the molecule is Cn1ccc2cc(-c3cc(CCC(=O)O)cc(N)c3OC3Cc4ccccc4C3)ccc21. The van der Waals surface area contributed by atoms with Crippen molar-refractivity contribution in [2.45, 2.75) is 31.8 Å². The van der Waals surface area contributed by atoms with E-state index in [4.69, 9.17) is 15.6 Å². The van der Waals surface area contributed by atoms with E-state index in [0.717, 1.165) is 40.4 Å². The number of hydrogen-bond donors (Lipinski definition) is 2. The summed E-state index contributed by atoms with van der Waals surface area (Å²) in [6.45, 7) is 0. The minimum absolute atomic E-state index is 0.0266. The topological polar surface area (TPSA) is 77.5 Å². The Morgan fingerprint density at radius 1 is 1.09 bits per heavy atom. The number of carboxylic acids is 1. The molecule has 0 bridgehead atoms. The van der Waals surface area contributed by atoms with Gasteiger partial charge in [-0.3, -0.25) is 4.79 Å². The molecule has 0 amide bonds. The summed E-state index contributed by atoms with van der Waals surface area (Å²) in [4.78, 5) is 11.1. The number of carboxylic acid groups (broad SMARTS) is 1. The predicted molar refractivity (Wildman–Crippen MR) is 127 cm³/mol. The number of nitrogen functional groups attached to an aromatic ring is 1. The molecule has 4 aromatic rings. The lowest BCUT2D eigenvalue weighted by Crippen LogP contribution is -2.18. The maximum atomic E-state index is 11.1. The van der Waals surface area contributed by atoms with Gasteiger partial charge in [0.15, 0.2) is 0 Å². The molecular weight excluding hydrogens is 400 g/mol. The summed E-state index contributed by atoms with van der Waals surface area (Å²) in [6, 6.07) is 20.7. The second kappa shape index (κ2) is 8.08. The molecule has 0 spiro atoms. The van der Waals surface area contributed by atoms with Crippen LogP contribution in [0.2, 0.25) is 0 Å². The standard InChI is InChI=1S/C27H26N2O3/c1-29-11-10-21-14-20(7-8-25(21)29)23-12-17(6-9-26(30)31)13-24(28)27(23)32-22-15-18-4-2-3-5-19(18)16-22/h2-5,7-8,10-14,22H,6,9,15-16,28H2,1H3,(H,30,31). The number of hydrogen-bond acceptors (Lipinski definition) is 3. The van der Waals surface area contributed by atoms with Crippen LogP contribution in [0, 0.1) is 0 Å². The van der Waals surface area contributed by atoms with Crippen LogP contribution in [0.15, 0.2) is 66.9 Å². The highest BCUT2D eigenvalue weighted by Crippen LogP contribution is 2.40. The van der Waals surface area contributed by atoms with Crippen molar-refractivity contribution < 1.29 is 14.6 Å². The number of carbonyl (C=O) groups is 1. The molecule has 1 heterocycles. The van der Waals surface area contributed by atoms with Crippen LogP contribution < -0.4 is 10.5 Å². The number of nitrogens with two attached hydrogens (primary N) is 1. The summed E-state index contributed by atoms with van der Waals surface area (Å²) in [5.41, 5.74) is 13.6. The van der Waals surface area contributed by atoms with Crippen molar-refractivity contribution >= 4 is 22.6 Å². The molecule has 3 aromatic carbocycles. The molecule has 32 heavy (non-hydrogen) atoms. The zero-order valence-corrected chi connectivity index (χ0v) is 18.0. The fourth-order valence-corrected chi connectivity index (χ4v) is 4.67. The molecule has 5 heteroatoms. The fourth-order valence-electron chi connectivity index (χ4n) is 4.67. The highest BCUT2D eigenvalue weighted by molar-refractivity contribution is 5.88. The number of benzene rings is 3. The number of nitrogens with zero attached hydrogens (tertiary/aromatic N) is 1. The third kappa shape index (κ3) is 3.82. The van der Waals surface area contributed by atoms with Crippen molar-refractivity contribution in [3.63, 3.8) is 0 Å². The molecule has 0 radical (unpaired) electrons. The summed E-state index contributed by atoms with van der Waals surface area (Å²) in [5.74, 6) is -0.142. The Hall–Kier alpha value is -3.73. The Labute approximate surface area is 187 Å². The quantitative estimate of drug-likeness (QED) is 0.426. The third-order valence-electron chi connectivity index (χ3n) is 6.30. The van der Waals surface area contributed by atoms with Crippen LogP contribution in [0.3, 0.4) is 0 Å². The van der Waals surface area contributed by atoms with E-state index in [0.29, 0.717) is 17.9 Å². The van der Waals surface area contributed by atoms with Gasteiger partial charge < -0.3 is 20.1 Å². The molecule has 162 valence electrons. The van der Waals surface area contributed by atoms with Gasteiger partial charge >= 0.3 is 5.97 Å². The molecule has 0 saturated heterocycles. The Morgan fingerprint density at radius 3 is 2.56 bits per heavy atom. The number of aliphatic carboxylic acids is 1. The van der Waals surface area contributed by atoms with E-state index in [1.165, 1.54) is 11.1 Å². The molecule has 3 N–H and O–H groups in total. The van der Waals surface area contributed by atoms with Crippen molar-refractivity contribution in [1.29, 1.82) is 0 Å². The fraction of sp³-hybridized carbons (Fsp3) is 0.222. The van der Waals surface area contributed by atoms with Gasteiger partial charge in [0.05, 0.1) is 5.69 Å². The first kappa shape index (κ1) is 20.2. The van der Waals surface area contributed by atoms with E-state index in [1.54, 1.807) is 0 Å². The molecule has 5 nitrogen and oxygen atoms in total. The summed E-state index contributed by atoms with van der Waals surface area (Å²) in [6.07, 6.45) is 4.27. The normalized spacial score (nSPS) is 13.4. The molecular formula is C27H26N2O3. The van der Waals surface area contributed by atoms with E-state index in [2.05, 4.69) is 53.1 Å². The van der Waals surface area contributed by atoms with Gasteiger partial charge in [0.2, 0.25) is 0 Å². The zero-order chi connectivity index (χ0) is 22.2. The molecule has 1 aliphatic carbocycles. The van der Waals surface area contributed by atoms with Crippen LogP contribution >= 0.6 is 0 Å². The molecule has 0 aliphatic heterocycles. The maximum Gasteiger partial charge on any atom is 0.303 e. The van der Waals surface area contributed by atoms with E-state index < -0.39 is 5.97 Å². The van der Waals surface area contributed by atoms with Crippen LogP contribution in [0.1, 0.15) is 23.1 Å². The van der Waals surface area contributed by atoms with Crippen molar-refractivity contribution in [2.24, 2.45) is 7.05 Å². The first-order chi connectivity index (χ1) is 15.5. The predicted octanol–water partition coefficient (Wildman–Crippen LogP) is 4.99. The highest BCUT2D eigenvalue weighted by atomic mass is 16.5. The summed E-state index contributed by atoms with van der Waals surface area (Å²) in [5, 5.41) is 10.3. The lowest BCUT2D eigenvalue weighted by atomic mass is 9.97. The Morgan fingerprint density at radius 2 is 1.84 bits per heavy atom. The van der Waals surface area contributed by atoms with Crippen LogP contribution in [0.5, 0.6) is 5.75 Å². The molecule has 5 rings (SSSR count). The molecule has 1 aliphatic rings. The van der Waals surface area contributed by atoms with Gasteiger partial charge in [-0.2, -0.15) is 0 Å². The maximum absolute atomic E-state index is 11.1. The average Bonchev–Trinajstić information content (AvgIpc) is 3.36. The van der Waals surface area contributed by atoms with Gasteiger partial charge in [-0.25, -0.2) is 0 Å². The zero-order valence-electron chi connectivity index (χ0n) is 18.0. The minimum Gasteiger partial charge on any atom is -0.487 e. The summed E-state index contributed by atoms with van der Waals surface area (Å²) >= 11 is 0. The first-order valence-electron chi connectivity index (χ1n) is 10.9. The van der Waals surface area contributed by atoms with Crippen LogP contribution in [-0.4, -0.2) is 21.7 Å². The van der Waals surface area contributed by atoms with Crippen molar-refractivity contribution in [3.8, 4) is 16.9 Å². The Balaban J connectivity index is 1.54. The van der Waals surface area contributed by atoms with E-state index in [9.17, 15) is 4.79 Å². The summed E-state index contributed by atoms with van der Waals surface area (Å²) < 4.78 is 8.61. The largest absolute Gasteiger partial charge is 0.487 e. The number of anilines is 1. The van der Waals surface area contributed by atoms with Gasteiger partial charge in [0.1, 0.15) is 11.9 Å². The second-order valence-electron chi connectivity index (χ2n) is 8.57. The molecule has 0 atom stereocenters. The number of ether oxygens (including phenoxy) is 1. The highest BCUT2D eigenvalue weighted by Gasteiger charge is 2.25. The summed E-state index contributed by atoms with van der Waals surface area (Å²) in [7, 11) is 2.03. The van der Waals surface area contributed by atoms with Crippen molar-refractivity contribution in [1.82, 2.24) is 4.57 Å². The van der Waals surface area contributed by atoms with Gasteiger partial charge in [-0.05, 0) is 59.0 Å². The lowest BCUT2D eigenvalue weighted by molar-refractivity contribution is -0.136. The average molecular weight is 427 g/mol. The molecule has 0 fully saturated rings. The molecule has 0 saturated carbocycles. The van der Waals surface area contributed by atoms with Gasteiger partial charge in [0.25, 0.3) is 0 Å². The van der Waals surface area contributed by atoms with Crippen LogP contribution in [0.25, 0.3) is 22.0 Å². The Bertz CT molecular complexity index is 1300. The van der Waals surface area contributed by atoms with Crippen LogP contribution in [-0.2, 0) is 31.1 Å². The van der Waals surface area contributed by atoms with Crippen molar-refractivity contribution in [3.05, 3.63) is 83.6 Å². The number of rotatable bonds is 6. The van der Waals surface area contributed by atoms with Gasteiger partial charge in [-0.15, -0.1) is 0 Å². The number of fused-ring (bicyclic) bond motifs is 2. The lowest BCUT2D eigenvalue weighted by Gasteiger charge is -2.20. The minimum atomic E-state index is -0.820. The van der Waals surface area contributed by atoms with Gasteiger partial charge in [-0.1, -0.05) is 30.3 Å². The van der Waals surface area contributed by atoms with E-state index in [-0.39, 0.29) is 12.5 Å². The Kier molecular flexibility index (Phi) is 5.10. The van der Waals surface area contributed by atoms with E-state index >= 15 is 0 Å². The first-order valence-corrected chi connectivity index (χ1v) is 10.9.